The number of halogens is 1. The normalized spacial score (nSPS) is 13.3. The van der Waals surface area contributed by atoms with Gasteiger partial charge in [-0.15, -0.1) is 0 Å². The van der Waals surface area contributed by atoms with Gasteiger partial charge >= 0.3 is 0 Å². The van der Waals surface area contributed by atoms with E-state index in [2.05, 4.69) is 0 Å². The molecule has 0 atom stereocenters. The molecule has 0 N–H and O–H groups in total. The zero-order chi connectivity index (χ0) is 14.1. The molecule has 1 aliphatic rings. The van der Waals surface area contributed by atoms with Crippen molar-refractivity contribution in [1.29, 1.82) is 0 Å². The minimum Gasteiger partial charge on any atom is -0.486 e. The molecule has 4 nitrogen and oxygen atoms in total. The first kappa shape index (κ1) is 13.1. The molecule has 104 valence electrons. The summed E-state index contributed by atoms with van der Waals surface area (Å²) >= 11 is 6.19. The quantitative estimate of drug-likeness (QED) is 0.854. The van der Waals surface area contributed by atoms with E-state index in [1.54, 1.807) is 22.9 Å². The van der Waals surface area contributed by atoms with Gasteiger partial charge in [-0.25, -0.2) is 0 Å². The number of nitrogens with zero attached hydrogens (tertiary/aromatic N) is 1. The maximum atomic E-state index is 11.9. The standard InChI is InChI=1S/C15H14ClNO3/c1-10-2-3-17(14(18)6-10)9-11-7-12(16)15-13(8-11)19-4-5-20-15/h2-3,6-8H,4-5,9H2,1H3. The maximum Gasteiger partial charge on any atom is 0.251 e. The molecule has 20 heavy (non-hydrogen) atoms. The van der Waals surface area contributed by atoms with Crippen LogP contribution in [0.3, 0.4) is 0 Å². The first-order valence-corrected chi connectivity index (χ1v) is 6.76. The Kier molecular flexibility index (Phi) is 3.40. The number of pyridine rings is 1. The number of hydrogen-bond acceptors (Lipinski definition) is 3. The van der Waals surface area contributed by atoms with Crippen molar-refractivity contribution in [2.75, 3.05) is 13.2 Å². The van der Waals surface area contributed by atoms with Crippen molar-refractivity contribution in [3.8, 4) is 11.5 Å². The molecule has 2 aromatic rings. The topological polar surface area (TPSA) is 40.5 Å². The largest absolute Gasteiger partial charge is 0.486 e. The smallest absolute Gasteiger partial charge is 0.251 e. The number of benzene rings is 1. The lowest BCUT2D eigenvalue weighted by atomic mass is 10.2. The Labute approximate surface area is 121 Å². The van der Waals surface area contributed by atoms with Crippen LogP contribution in [0.15, 0.2) is 35.3 Å². The van der Waals surface area contributed by atoms with Gasteiger partial charge in [0.15, 0.2) is 11.5 Å². The lowest BCUT2D eigenvalue weighted by Gasteiger charge is -2.20. The van der Waals surface area contributed by atoms with Gasteiger partial charge in [-0.2, -0.15) is 0 Å². The van der Waals surface area contributed by atoms with Crippen LogP contribution in [0.2, 0.25) is 5.02 Å². The summed E-state index contributed by atoms with van der Waals surface area (Å²) in [5, 5.41) is 0.511. The van der Waals surface area contributed by atoms with Gasteiger partial charge in [0, 0.05) is 12.3 Å². The molecule has 0 radical (unpaired) electrons. The van der Waals surface area contributed by atoms with Crippen molar-refractivity contribution in [3.05, 3.63) is 57.0 Å². The van der Waals surface area contributed by atoms with Crippen molar-refractivity contribution in [2.24, 2.45) is 0 Å². The van der Waals surface area contributed by atoms with Gasteiger partial charge < -0.3 is 14.0 Å². The average molecular weight is 292 g/mol. The monoisotopic (exact) mass is 291 g/mol. The second kappa shape index (κ2) is 5.21. The van der Waals surface area contributed by atoms with Crippen molar-refractivity contribution in [2.45, 2.75) is 13.5 Å². The fourth-order valence-corrected chi connectivity index (χ4v) is 2.48. The Morgan fingerprint density at radius 2 is 2.05 bits per heavy atom. The molecule has 0 saturated heterocycles. The number of fused-ring (bicyclic) bond motifs is 1. The molecule has 0 bridgehead atoms. The van der Waals surface area contributed by atoms with E-state index in [-0.39, 0.29) is 5.56 Å². The van der Waals surface area contributed by atoms with E-state index < -0.39 is 0 Å². The van der Waals surface area contributed by atoms with Crippen LogP contribution >= 0.6 is 11.6 Å². The van der Waals surface area contributed by atoms with Gasteiger partial charge in [0.05, 0.1) is 11.6 Å². The third kappa shape index (κ3) is 2.51. The molecule has 0 fully saturated rings. The molecule has 2 heterocycles. The number of aromatic nitrogens is 1. The Morgan fingerprint density at radius 1 is 1.25 bits per heavy atom. The molecule has 0 unspecified atom stereocenters. The van der Waals surface area contributed by atoms with Crippen LogP contribution in [0.1, 0.15) is 11.1 Å². The Hall–Kier alpha value is -1.94. The van der Waals surface area contributed by atoms with Crippen LogP contribution in [0, 0.1) is 6.92 Å². The van der Waals surface area contributed by atoms with E-state index in [9.17, 15) is 4.79 Å². The van der Waals surface area contributed by atoms with Crippen LogP contribution in [-0.4, -0.2) is 17.8 Å². The maximum absolute atomic E-state index is 11.9. The molecular formula is C15H14ClNO3. The third-order valence-corrected chi connectivity index (χ3v) is 3.44. The Balaban J connectivity index is 1.95. The number of rotatable bonds is 2. The predicted octanol–water partition coefficient (Wildman–Crippen LogP) is 2.63. The lowest BCUT2D eigenvalue weighted by Crippen LogP contribution is -2.20. The summed E-state index contributed by atoms with van der Waals surface area (Å²) in [4.78, 5) is 11.9. The first-order chi connectivity index (χ1) is 9.63. The van der Waals surface area contributed by atoms with E-state index in [4.69, 9.17) is 21.1 Å². The molecule has 3 rings (SSSR count). The summed E-state index contributed by atoms with van der Waals surface area (Å²) in [6.45, 7) is 3.36. The third-order valence-electron chi connectivity index (χ3n) is 3.16. The van der Waals surface area contributed by atoms with Crippen LogP contribution < -0.4 is 15.0 Å². The van der Waals surface area contributed by atoms with Crippen molar-refractivity contribution < 1.29 is 9.47 Å². The number of ether oxygens (including phenoxy) is 2. The predicted molar refractivity (Wildman–Crippen MR) is 77.0 cm³/mol. The van der Waals surface area contributed by atoms with Gasteiger partial charge in [0.25, 0.3) is 5.56 Å². The molecule has 0 spiro atoms. The van der Waals surface area contributed by atoms with Gasteiger partial charge in [-0.05, 0) is 36.2 Å². The molecule has 0 aliphatic carbocycles. The zero-order valence-electron chi connectivity index (χ0n) is 11.1. The molecule has 0 amide bonds. The molecule has 1 aromatic heterocycles. The van der Waals surface area contributed by atoms with E-state index in [0.29, 0.717) is 36.3 Å². The second-order valence-electron chi connectivity index (χ2n) is 4.77. The fraction of sp³-hybridized carbons (Fsp3) is 0.267. The first-order valence-electron chi connectivity index (χ1n) is 6.38. The summed E-state index contributed by atoms with van der Waals surface area (Å²) in [5.74, 6) is 1.22. The Bertz CT molecular complexity index is 709. The van der Waals surface area contributed by atoms with Gasteiger partial charge in [-0.3, -0.25) is 4.79 Å². The summed E-state index contributed by atoms with van der Waals surface area (Å²) in [7, 11) is 0. The molecular weight excluding hydrogens is 278 g/mol. The summed E-state index contributed by atoms with van der Waals surface area (Å²) in [6.07, 6.45) is 1.78. The zero-order valence-corrected chi connectivity index (χ0v) is 11.8. The van der Waals surface area contributed by atoms with Crippen molar-refractivity contribution >= 4 is 11.6 Å². The van der Waals surface area contributed by atoms with E-state index >= 15 is 0 Å². The average Bonchev–Trinajstić information content (AvgIpc) is 2.42. The van der Waals surface area contributed by atoms with E-state index in [0.717, 1.165) is 11.1 Å². The molecule has 1 aliphatic heterocycles. The molecule has 0 saturated carbocycles. The highest BCUT2D eigenvalue weighted by Gasteiger charge is 2.16. The summed E-state index contributed by atoms with van der Waals surface area (Å²) < 4.78 is 12.6. The molecule has 1 aromatic carbocycles. The van der Waals surface area contributed by atoms with Crippen LogP contribution in [0.25, 0.3) is 0 Å². The van der Waals surface area contributed by atoms with Crippen LogP contribution in [-0.2, 0) is 6.54 Å². The van der Waals surface area contributed by atoms with Gasteiger partial charge in [0.1, 0.15) is 13.2 Å². The highest BCUT2D eigenvalue weighted by atomic mass is 35.5. The minimum atomic E-state index is -0.0315. The SMILES string of the molecule is Cc1ccn(Cc2cc(Cl)c3c(c2)OCCO3)c(=O)c1. The van der Waals surface area contributed by atoms with E-state index in [1.807, 2.05) is 19.1 Å². The van der Waals surface area contributed by atoms with Gasteiger partial charge in [-0.1, -0.05) is 11.6 Å². The summed E-state index contributed by atoms with van der Waals surface area (Å²) in [6, 6.07) is 7.19. The highest BCUT2D eigenvalue weighted by Crippen LogP contribution is 2.38. The van der Waals surface area contributed by atoms with Crippen molar-refractivity contribution in [3.63, 3.8) is 0 Å². The minimum absolute atomic E-state index is 0.0315. The number of aryl methyl sites for hydroxylation is 1. The Morgan fingerprint density at radius 3 is 2.85 bits per heavy atom. The number of hydrogen-bond donors (Lipinski definition) is 0. The van der Waals surface area contributed by atoms with Crippen LogP contribution in [0.4, 0.5) is 0 Å². The van der Waals surface area contributed by atoms with E-state index in [1.165, 1.54) is 0 Å². The fourth-order valence-electron chi connectivity index (χ4n) is 2.19. The second-order valence-corrected chi connectivity index (χ2v) is 5.18. The molecule has 5 heteroatoms. The summed E-state index contributed by atoms with van der Waals surface area (Å²) in [5.41, 5.74) is 1.83. The lowest BCUT2D eigenvalue weighted by molar-refractivity contribution is 0.171. The van der Waals surface area contributed by atoms with Crippen molar-refractivity contribution in [1.82, 2.24) is 4.57 Å². The highest BCUT2D eigenvalue weighted by molar-refractivity contribution is 6.32. The van der Waals surface area contributed by atoms with Gasteiger partial charge in [0.2, 0.25) is 0 Å². The van der Waals surface area contributed by atoms with Crippen LogP contribution in [0.5, 0.6) is 11.5 Å².